The molecular formula is C9H10BNS. The van der Waals surface area contributed by atoms with Gasteiger partial charge in [-0.05, 0) is 12.1 Å². The molecule has 1 nitrogen and oxygen atoms in total. The minimum atomic E-state index is 0.608. The van der Waals surface area contributed by atoms with E-state index in [0.29, 0.717) is 6.71 Å². The summed E-state index contributed by atoms with van der Waals surface area (Å²) in [6, 6.07) is 6.49. The zero-order chi connectivity index (χ0) is 8.55. The second kappa shape index (κ2) is 2.90. The van der Waals surface area contributed by atoms with E-state index in [2.05, 4.69) is 36.8 Å². The summed E-state index contributed by atoms with van der Waals surface area (Å²) in [7, 11) is 0. The monoisotopic (exact) mass is 175 g/mol. The Hall–Kier alpha value is -0.825. The van der Waals surface area contributed by atoms with Gasteiger partial charge >= 0.3 is 0 Å². The summed E-state index contributed by atoms with van der Waals surface area (Å²) in [5, 5.41) is 0. The maximum absolute atomic E-state index is 4.24. The molecule has 0 N–H and O–H groups in total. The summed E-state index contributed by atoms with van der Waals surface area (Å²) in [5.74, 6) is 0. The van der Waals surface area contributed by atoms with Crippen molar-refractivity contribution in [2.24, 2.45) is 0 Å². The molecule has 0 radical (unpaired) electrons. The molecule has 60 valence electrons. The first kappa shape index (κ1) is 7.81. The van der Waals surface area contributed by atoms with Crippen LogP contribution in [0.1, 0.15) is 0 Å². The number of hydrogen-bond acceptors (Lipinski definition) is 2. The van der Waals surface area contributed by atoms with Crippen molar-refractivity contribution in [1.82, 2.24) is 4.98 Å². The molecule has 1 heterocycles. The number of benzene rings is 1. The largest absolute Gasteiger partial charge is 0.245 e. The Labute approximate surface area is 76.5 Å². The van der Waals surface area contributed by atoms with Crippen molar-refractivity contribution in [3.63, 3.8) is 0 Å². The van der Waals surface area contributed by atoms with Crippen molar-refractivity contribution in [1.29, 1.82) is 0 Å². The second-order valence-electron chi connectivity index (χ2n) is 3.23. The Morgan fingerprint density at radius 2 is 2.17 bits per heavy atom. The molecule has 2 rings (SSSR count). The summed E-state index contributed by atoms with van der Waals surface area (Å²) in [5.41, 5.74) is 4.41. The molecule has 0 atom stereocenters. The molecule has 2 aromatic rings. The topological polar surface area (TPSA) is 12.9 Å². The molecule has 1 aromatic carbocycles. The van der Waals surface area contributed by atoms with Gasteiger partial charge in [0.15, 0.2) is 6.71 Å². The lowest BCUT2D eigenvalue weighted by Crippen LogP contribution is -2.21. The van der Waals surface area contributed by atoms with Gasteiger partial charge in [0, 0.05) is 0 Å². The van der Waals surface area contributed by atoms with Crippen molar-refractivity contribution in [2.75, 3.05) is 0 Å². The molecule has 12 heavy (non-hydrogen) atoms. The van der Waals surface area contributed by atoms with Crippen LogP contribution in [0.15, 0.2) is 23.7 Å². The minimum absolute atomic E-state index is 0.608. The van der Waals surface area contributed by atoms with E-state index in [9.17, 15) is 0 Å². The van der Waals surface area contributed by atoms with E-state index in [-0.39, 0.29) is 0 Å². The fraction of sp³-hybridized carbons (Fsp3) is 0.222. The third-order valence-electron chi connectivity index (χ3n) is 2.02. The van der Waals surface area contributed by atoms with Gasteiger partial charge in [0.25, 0.3) is 0 Å². The van der Waals surface area contributed by atoms with Crippen LogP contribution in [0.2, 0.25) is 13.6 Å². The molecule has 0 spiro atoms. The Morgan fingerprint density at radius 3 is 2.92 bits per heavy atom. The smallest absolute Gasteiger partial charge is 0.169 e. The summed E-state index contributed by atoms with van der Waals surface area (Å²) in [6.07, 6.45) is 0. The summed E-state index contributed by atoms with van der Waals surface area (Å²) in [4.78, 5) is 4.24. The van der Waals surface area contributed by atoms with Crippen LogP contribution in [-0.4, -0.2) is 11.7 Å². The van der Waals surface area contributed by atoms with Gasteiger partial charge in [0.2, 0.25) is 0 Å². The lowest BCUT2D eigenvalue weighted by Gasteiger charge is -2.00. The molecule has 0 saturated carbocycles. The highest BCUT2D eigenvalue weighted by molar-refractivity contribution is 7.16. The minimum Gasteiger partial charge on any atom is -0.245 e. The highest BCUT2D eigenvalue weighted by Crippen LogP contribution is 2.15. The first-order chi connectivity index (χ1) is 5.77. The van der Waals surface area contributed by atoms with E-state index < -0.39 is 0 Å². The molecule has 0 unspecified atom stereocenters. The molecular weight excluding hydrogens is 165 g/mol. The molecule has 3 heteroatoms. The third-order valence-corrected chi connectivity index (χ3v) is 2.81. The van der Waals surface area contributed by atoms with Gasteiger partial charge in [0.1, 0.15) is 0 Å². The normalized spacial score (nSPS) is 10.5. The maximum atomic E-state index is 4.24. The standard InChI is InChI=1S/C9H10BNS/c1-10(2)7-3-4-8-9(5-7)12-6-11-8/h3-6H,1-2H3. The molecule has 0 aliphatic heterocycles. The SMILES string of the molecule is CB(C)c1ccc2ncsc2c1. The number of fused-ring (bicyclic) bond motifs is 1. The van der Waals surface area contributed by atoms with E-state index in [1.165, 1.54) is 10.2 Å². The van der Waals surface area contributed by atoms with Crippen LogP contribution in [0.3, 0.4) is 0 Å². The molecule has 0 aliphatic rings. The Kier molecular flexibility index (Phi) is 1.89. The fourth-order valence-electron chi connectivity index (χ4n) is 1.23. The zero-order valence-corrected chi connectivity index (χ0v) is 8.06. The van der Waals surface area contributed by atoms with E-state index in [1.807, 2.05) is 5.51 Å². The average molecular weight is 175 g/mol. The molecule has 0 saturated heterocycles. The van der Waals surface area contributed by atoms with Crippen molar-refractivity contribution >= 4 is 33.7 Å². The van der Waals surface area contributed by atoms with Gasteiger partial charge in [-0.15, -0.1) is 11.3 Å². The van der Waals surface area contributed by atoms with Gasteiger partial charge in [0.05, 0.1) is 15.7 Å². The fourth-order valence-corrected chi connectivity index (χ4v) is 1.96. The van der Waals surface area contributed by atoms with Crippen LogP contribution in [-0.2, 0) is 0 Å². The van der Waals surface area contributed by atoms with E-state index in [1.54, 1.807) is 11.3 Å². The Balaban J connectivity index is 2.60. The highest BCUT2D eigenvalue weighted by atomic mass is 32.1. The number of nitrogens with zero attached hydrogens (tertiary/aromatic N) is 1. The van der Waals surface area contributed by atoms with E-state index in [0.717, 1.165) is 5.52 Å². The average Bonchev–Trinajstić information content (AvgIpc) is 2.49. The highest BCUT2D eigenvalue weighted by Gasteiger charge is 2.04. The summed E-state index contributed by atoms with van der Waals surface area (Å²) < 4.78 is 1.29. The van der Waals surface area contributed by atoms with Crippen LogP contribution in [0.25, 0.3) is 10.2 Å². The van der Waals surface area contributed by atoms with Crippen molar-refractivity contribution < 1.29 is 0 Å². The summed E-state index contributed by atoms with van der Waals surface area (Å²) >= 11 is 1.71. The van der Waals surface area contributed by atoms with Gasteiger partial charge in [-0.1, -0.05) is 25.2 Å². The first-order valence-corrected chi connectivity index (χ1v) is 4.98. The van der Waals surface area contributed by atoms with Crippen LogP contribution in [0.5, 0.6) is 0 Å². The van der Waals surface area contributed by atoms with Gasteiger partial charge < -0.3 is 0 Å². The Morgan fingerprint density at radius 1 is 1.33 bits per heavy atom. The second-order valence-corrected chi connectivity index (χ2v) is 4.12. The lowest BCUT2D eigenvalue weighted by molar-refractivity contribution is 1.50. The molecule has 0 bridgehead atoms. The van der Waals surface area contributed by atoms with Crippen LogP contribution >= 0.6 is 11.3 Å². The van der Waals surface area contributed by atoms with Crippen molar-refractivity contribution in [3.05, 3.63) is 23.7 Å². The molecule has 0 amide bonds. The van der Waals surface area contributed by atoms with Crippen LogP contribution < -0.4 is 5.46 Å². The van der Waals surface area contributed by atoms with Crippen molar-refractivity contribution in [3.8, 4) is 0 Å². The number of rotatable bonds is 1. The molecule has 0 fully saturated rings. The maximum Gasteiger partial charge on any atom is 0.169 e. The third kappa shape index (κ3) is 1.25. The zero-order valence-electron chi connectivity index (χ0n) is 7.24. The number of thiazole rings is 1. The number of hydrogen-bond donors (Lipinski definition) is 0. The van der Waals surface area contributed by atoms with E-state index in [4.69, 9.17) is 0 Å². The molecule has 1 aromatic heterocycles. The molecule has 0 aliphatic carbocycles. The van der Waals surface area contributed by atoms with Crippen LogP contribution in [0, 0.1) is 0 Å². The summed E-state index contributed by atoms with van der Waals surface area (Å²) in [6.45, 7) is 5.03. The first-order valence-electron chi connectivity index (χ1n) is 4.10. The number of aromatic nitrogens is 1. The quantitative estimate of drug-likeness (QED) is 0.605. The predicted molar refractivity (Wildman–Crippen MR) is 56.7 cm³/mol. The van der Waals surface area contributed by atoms with Gasteiger partial charge in [-0.3, -0.25) is 0 Å². The predicted octanol–water partition coefficient (Wildman–Crippen LogP) is 2.26. The van der Waals surface area contributed by atoms with Crippen LogP contribution in [0.4, 0.5) is 0 Å². The van der Waals surface area contributed by atoms with Crippen molar-refractivity contribution in [2.45, 2.75) is 13.6 Å². The lowest BCUT2D eigenvalue weighted by atomic mass is 9.49. The van der Waals surface area contributed by atoms with Gasteiger partial charge in [-0.25, -0.2) is 4.98 Å². The van der Waals surface area contributed by atoms with Gasteiger partial charge in [-0.2, -0.15) is 0 Å². The Bertz CT molecular complexity index is 394. The van der Waals surface area contributed by atoms with E-state index >= 15 is 0 Å².